The van der Waals surface area contributed by atoms with Crippen LogP contribution in [0.4, 0.5) is 0 Å². The highest BCUT2D eigenvalue weighted by Gasteiger charge is 2.43. The van der Waals surface area contributed by atoms with Gasteiger partial charge in [-0.1, -0.05) is 29.3 Å². The smallest absolute Gasteiger partial charge is 0.317 e. The van der Waals surface area contributed by atoms with Gasteiger partial charge in [-0.15, -0.1) is 0 Å². The van der Waals surface area contributed by atoms with E-state index in [9.17, 15) is 4.79 Å². The number of carbonyl (C=O) groups is 1. The Labute approximate surface area is 173 Å². The number of ether oxygens (including phenoxy) is 2. The number of nitrogens with zero attached hydrogens (tertiary/aromatic N) is 2. The lowest BCUT2D eigenvalue weighted by molar-refractivity contribution is -0.138. The molecule has 0 unspecified atom stereocenters. The van der Waals surface area contributed by atoms with Gasteiger partial charge in [-0.3, -0.25) is 14.7 Å². The van der Waals surface area contributed by atoms with E-state index in [4.69, 9.17) is 37.8 Å². The molecule has 1 aromatic heterocycles. The molecule has 8 heteroatoms. The summed E-state index contributed by atoms with van der Waals surface area (Å²) >= 11 is 12.3. The van der Waals surface area contributed by atoms with Gasteiger partial charge < -0.3 is 14.6 Å². The van der Waals surface area contributed by atoms with E-state index in [0.29, 0.717) is 28.0 Å². The SMILES string of the molecule is O=C(O)CN1CCC2(CC1)COc1cc(OCc3c(Cl)cncc3Cl)ccc12. The van der Waals surface area contributed by atoms with Gasteiger partial charge in [-0.05, 0) is 32.0 Å². The Balaban J connectivity index is 1.45. The Morgan fingerprint density at radius 3 is 2.64 bits per heavy atom. The van der Waals surface area contributed by atoms with E-state index < -0.39 is 5.97 Å². The lowest BCUT2D eigenvalue weighted by atomic mass is 9.74. The number of carboxylic acid groups (broad SMARTS) is 1. The lowest BCUT2D eigenvalue weighted by Crippen LogP contribution is -2.45. The second-order valence-electron chi connectivity index (χ2n) is 7.27. The Kier molecular flexibility index (Phi) is 5.36. The molecule has 0 amide bonds. The largest absolute Gasteiger partial charge is 0.492 e. The highest BCUT2D eigenvalue weighted by Crippen LogP contribution is 2.46. The van der Waals surface area contributed by atoms with E-state index in [1.165, 1.54) is 5.56 Å². The molecule has 2 aliphatic heterocycles. The summed E-state index contributed by atoms with van der Waals surface area (Å²) in [6, 6.07) is 5.89. The zero-order valence-corrected chi connectivity index (χ0v) is 16.7. The Hall–Kier alpha value is -2.02. The summed E-state index contributed by atoms with van der Waals surface area (Å²) in [5.41, 5.74) is 1.83. The molecule has 0 bridgehead atoms. The van der Waals surface area contributed by atoms with Crippen molar-refractivity contribution in [2.24, 2.45) is 0 Å². The summed E-state index contributed by atoms with van der Waals surface area (Å²) < 4.78 is 11.8. The van der Waals surface area contributed by atoms with E-state index >= 15 is 0 Å². The molecule has 1 aromatic carbocycles. The minimum atomic E-state index is -0.782. The monoisotopic (exact) mass is 422 g/mol. The van der Waals surface area contributed by atoms with Gasteiger partial charge in [0.25, 0.3) is 0 Å². The molecule has 2 aromatic rings. The van der Waals surface area contributed by atoms with Crippen LogP contribution in [0, 0.1) is 0 Å². The number of hydrogen-bond donors (Lipinski definition) is 1. The molecular formula is C20H20Cl2N2O4. The van der Waals surface area contributed by atoms with Gasteiger partial charge in [-0.25, -0.2) is 0 Å². The molecule has 0 atom stereocenters. The van der Waals surface area contributed by atoms with Crippen LogP contribution in [0.1, 0.15) is 24.0 Å². The number of likely N-dealkylation sites (tertiary alicyclic amines) is 1. The van der Waals surface area contributed by atoms with Crippen LogP contribution in [-0.2, 0) is 16.8 Å². The second kappa shape index (κ2) is 7.78. The molecule has 1 fully saturated rings. The van der Waals surface area contributed by atoms with Crippen LogP contribution >= 0.6 is 23.2 Å². The topological polar surface area (TPSA) is 71.9 Å². The summed E-state index contributed by atoms with van der Waals surface area (Å²) in [5, 5.41) is 9.92. The summed E-state index contributed by atoms with van der Waals surface area (Å²) in [4.78, 5) is 16.8. The Morgan fingerprint density at radius 2 is 1.96 bits per heavy atom. The first-order valence-electron chi connectivity index (χ1n) is 9.09. The van der Waals surface area contributed by atoms with E-state index in [1.54, 1.807) is 12.4 Å². The van der Waals surface area contributed by atoms with E-state index in [0.717, 1.165) is 31.7 Å². The van der Waals surface area contributed by atoms with Crippen molar-refractivity contribution in [1.82, 2.24) is 9.88 Å². The number of benzene rings is 1. The molecule has 1 saturated heterocycles. The number of pyridine rings is 1. The highest BCUT2D eigenvalue weighted by molar-refractivity contribution is 6.35. The molecule has 2 aliphatic rings. The fraction of sp³-hybridized carbons (Fsp3) is 0.400. The summed E-state index contributed by atoms with van der Waals surface area (Å²) in [6.45, 7) is 2.47. The quantitative estimate of drug-likeness (QED) is 0.790. The van der Waals surface area contributed by atoms with Crippen LogP contribution in [0.5, 0.6) is 11.5 Å². The van der Waals surface area contributed by atoms with E-state index in [1.807, 2.05) is 17.0 Å². The first kappa shape index (κ1) is 19.3. The third kappa shape index (κ3) is 3.77. The molecule has 1 N–H and O–H groups in total. The molecule has 1 spiro atoms. The van der Waals surface area contributed by atoms with Gasteiger partial charge in [0.1, 0.15) is 18.1 Å². The number of hydrogen-bond acceptors (Lipinski definition) is 5. The van der Waals surface area contributed by atoms with Crippen molar-refractivity contribution in [2.45, 2.75) is 24.9 Å². The maximum atomic E-state index is 10.9. The molecule has 3 heterocycles. The third-order valence-electron chi connectivity index (χ3n) is 5.54. The van der Waals surface area contributed by atoms with Crippen molar-refractivity contribution in [3.05, 3.63) is 51.8 Å². The fourth-order valence-corrected chi connectivity index (χ4v) is 4.39. The number of fused-ring (bicyclic) bond motifs is 2. The predicted octanol–water partition coefficient (Wildman–Crippen LogP) is 3.78. The van der Waals surface area contributed by atoms with Crippen molar-refractivity contribution in [1.29, 1.82) is 0 Å². The zero-order valence-electron chi connectivity index (χ0n) is 15.2. The molecule has 28 heavy (non-hydrogen) atoms. The minimum absolute atomic E-state index is 0.0411. The predicted molar refractivity (Wildman–Crippen MR) is 106 cm³/mol. The van der Waals surface area contributed by atoms with Gasteiger partial charge in [0.2, 0.25) is 0 Å². The van der Waals surface area contributed by atoms with E-state index in [-0.39, 0.29) is 18.6 Å². The summed E-state index contributed by atoms with van der Waals surface area (Å²) in [5.74, 6) is 0.731. The standard InChI is InChI=1S/C20H20Cl2N2O4/c21-16-8-23-9-17(22)14(16)11-27-13-1-2-15-18(7-13)28-12-20(15)3-5-24(6-4-20)10-19(25)26/h1-2,7-9H,3-6,10-12H2,(H,25,26). The molecule has 6 nitrogen and oxygen atoms in total. The highest BCUT2D eigenvalue weighted by atomic mass is 35.5. The molecule has 0 saturated carbocycles. The summed E-state index contributed by atoms with van der Waals surface area (Å²) in [6.07, 6.45) is 4.85. The number of piperidine rings is 1. The van der Waals surface area contributed by atoms with Crippen LogP contribution in [-0.4, -0.2) is 47.2 Å². The maximum absolute atomic E-state index is 10.9. The van der Waals surface area contributed by atoms with Gasteiger partial charge >= 0.3 is 5.97 Å². The van der Waals surface area contributed by atoms with Gasteiger partial charge in [0, 0.05) is 35.0 Å². The molecular weight excluding hydrogens is 403 g/mol. The van der Waals surface area contributed by atoms with Crippen molar-refractivity contribution in [3.8, 4) is 11.5 Å². The summed E-state index contributed by atoms with van der Waals surface area (Å²) in [7, 11) is 0. The maximum Gasteiger partial charge on any atom is 0.317 e. The first-order valence-corrected chi connectivity index (χ1v) is 9.85. The van der Waals surface area contributed by atoms with Gasteiger partial charge in [0.05, 0.1) is 23.2 Å². The third-order valence-corrected chi connectivity index (χ3v) is 6.19. The van der Waals surface area contributed by atoms with Crippen LogP contribution in [0.15, 0.2) is 30.6 Å². The van der Waals surface area contributed by atoms with Gasteiger partial charge in [0.15, 0.2) is 0 Å². The number of rotatable bonds is 5. The number of aromatic nitrogens is 1. The van der Waals surface area contributed by atoms with E-state index in [2.05, 4.69) is 11.1 Å². The second-order valence-corrected chi connectivity index (χ2v) is 8.08. The molecule has 148 valence electrons. The van der Waals surface area contributed by atoms with Crippen LogP contribution in [0.2, 0.25) is 10.0 Å². The normalized spacial score (nSPS) is 17.9. The first-order chi connectivity index (χ1) is 13.5. The number of halogens is 2. The fourth-order valence-electron chi connectivity index (χ4n) is 3.92. The van der Waals surface area contributed by atoms with Crippen molar-refractivity contribution >= 4 is 29.2 Å². The van der Waals surface area contributed by atoms with Crippen LogP contribution < -0.4 is 9.47 Å². The van der Waals surface area contributed by atoms with Gasteiger partial charge in [-0.2, -0.15) is 0 Å². The number of aliphatic carboxylic acids is 1. The zero-order chi connectivity index (χ0) is 19.7. The molecule has 4 rings (SSSR count). The molecule has 0 aliphatic carbocycles. The van der Waals surface area contributed by atoms with Crippen LogP contribution in [0.3, 0.4) is 0 Å². The average molecular weight is 423 g/mol. The number of carboxylic acids is 1. The Bertz CT molecular complexity index is 878. The molecule has 0 radical (unpaired) electrons. The van der Waals surface area contributed by atoms with Crippen molar-refractivity contribution < 1.29 is 19.4 Å². The van der Waals surface area contributed by atoms with Crippen LogP contribution in [0.25, 0.3) is 0 Å². The van der Waals surface area contributed by atoms with Crippen molar-refractivity contribution in [3.63, 3.8) is 0 Å². The average Bonchev–Trinajstić information content (AvgIpc) is 3.01. The van der Waals surface area contributed by atoms with Crippen molar-refractivity contribution in [2.75, 3.05) is 26.2 Å². The lowest BCUT2D eigenvalue weighted by Gasteiger charge is -2.37. The minimum Gasteiger partial charge on any atom is -0.492 e. The Morgan fingerprint density at radius 1 is 1.25 bits per heavy atom.